The minimum atomic E-state index is -1.47. The van der Waals surface area contributed by atoms with Crippen molar-refractivity contribution < 1.29 is 8.60 Å². The molecule has 1 aromatic carbocycles. The minimum Gasteiger partial charge on any atom is -0.252 e. The van der Waals surface area contributed by atoms with Gasteiger partial charge in [0.15, 0.2) is 6.01 Å². The summed E-state index contributed by atoms with van der Waals surface area (Å²) < 4.78 is 22.8. The number of rotatable bonds is 2. The van der Waals surface area contributed by atoms with Crippen molar-refractivity contribution in [1.82, 2.24) is 0 Å². The molecule has 0 spiro atoms. The molecule has 0 heterocycles. The van der Waals surface area contributed by atoms with E-state index < -0.39 is 16.8 Å². The highest BCUT2D eigenvalue weighted by atomic mass is 32.2. The van der Waals surface area contributed by atoms with Crippen LogP contribution in [0.1, 0.15) is 5.56 Å². The molecule has 0 aliphatic carbocycles. The summed E-state index contributed by atoms with van der Waals surface area (Å²) in [6, 6.07) is 6.26. The zero-order valence-corrected chi connectivity index (χ0v) is 7.03. The molecule has 0 saturated carbocycles. The molecule has 0 bridgehead atoms. The molecule has 1 nitrogen and oxygen atoms in total. The van der Waals surface area contributed by atoms with E-state index >= 15 is 0 Å². The number of halogens is 1. The molecule has 3 heteroatoms. The summed E-state index contributed by atoms with van der Waals surface area (Å²) in [6.45, 7) is 1.89. The summed E-state index contributed by atoms with van der Waals surface area (Å²) in [5, 5.41) is 0. The van der Waals surface area contributed by atoms with Crippen LogP contribution in [0.5, 0.6) is 0 Å². The molecule has 0 amide bonds. The second-order valence-electron chi connectivity index (χ2n) is 2.27. The molecule has 11 heavy (non-hydrogen) atoms. The predicted molar refractivity (Wildman–Crippen MR) is 43.6 cm³/mol. The molecular weight excluding hydrogens is 163 g/mol. The van der Waals surface area contributed by atoms with Crippen LogP contribution in [0.15, 0.2) is 29.2 Å². The fraction of sp³-hybridized carbons (Fsp3) is 0.250. The van der Waals surface area contributed by atoms with Crippen molar-refractivity contribution in [2.75, 3.05) is 6.01 Å². The van der Waals surface area contributed by atoms with Crippen molar-refractivity contribution in [2.24, 2.45) is 0 Å². The molecule has 0 fully saturated rings. The van der Waals surface area contributed by atoms with Crippen LogP contribution in [0.4, 0.5) is 4.39 Å². The number of alkyl halides is 1. The van der Waals surface area contributed by atoms with Gasteiger partial charge in [0.25, 0.3) is 0 Å². The molecule has 1 rings (SSSR count). The summed E-state index contributed by atoms with van der Waals surface area (Å²) in [6.07, 6.45) is 0. The lowest BCUT2D eigenvalue weighted by atomic mass is 10.2. The van der Waals surface area contributed by atoms with E-state index in [9.17, 15) is 8.60 Å². The standard InChI is InChI=1S/C8H9FOS/c1-7-3-2-4-8(5-7)11(10)6-9/h2-5H,6H2,1H3. The van der Waals surface area contributed by atoms with Crippen LogP contribution in [0, 0.1) is 6.92 Å². The van der Waals surface area contributed by atoms with E-state index in [-0.39, 0.29) is 0 Å². The Hall–Kier alpha value is -0.700. The van der Waals surface area contributed by atoms with Gasteiger partial charge < -0.3 is 0 Å². The third-order valence-electron chi connectivity index (χ3n) is 1.35. The van der Waals surface area contributed by atoms with Crippen molar-refractivity contribution in [3.63, 3.8) is 0 Å². The molecule has 0 radical (unpaired) electrons. The van der Waals surface area contributed by atoms with Crippen molar-refractivity contribution in [2.45, 2.75) is 11.8 Å². The van der Waals surface area contributed by atoms with Gasteiger partial charge in [-0.1, -0.05) is 12.1 Å². The van der Waals surface area contributed by atoms with Gasteiger partial charge in [0.05, 0.1) is 10.8 Å². The quantitative estimate of drug-likeness (QED) is 0.667. The lowest BCUT2D eigenvalue weighted by Crippen LogP contribution is -1.92. The van der Waals surface area contributed by atoms with E-state index in [1.54, 1.807) is 18.2 Å². The Labute approximate surface area is 67.7 Å². The van der Waals surface area contributed by atoms with Crippen LogP contribution < -0.4 is 0 Å². The van der Waals surface area contributed by atoms with Crippen LogP contribution in [0.2, 0.25) is 0 Å². The first-order chi connectivity index (χ1) is 5.24. The van der Waals surface area contributed by atoms with Gasteiger partial charge in [-0.25, -0.2) is 4.39 Å². The Morgan fingerprint density at radius 1 is 1.55 bits per heavy atom. The highest BCUT2D eigenvalue weighted by Gasteiger charge is 2.00. The second-order valence-corrected chi connectivity index (χ2v) is 3.65. The Kier molecular flexibility index (Phi) is 2.76. The van der Waals surface area contributed by atoms with Crippen LogP contribution in [-0.2, 0) is 10.8 Å². The van der Waals surface area contributed by atoms with Crippen LogP contribution in [0.3, 0.4) is 0 Å². The van der Waals surface area contributed by atoms with E-state index in [1.807, 2.05) is 13.0 Å². The molecule has 0 aliphatic heterocycles. The van der Waals surface area contributed by atoms with Gasteiger partial charge in [-0.3, -0.25) is 4.21 Å². The Morgan fingerprint density at radius 2 is 2.27 bits per heavy atom. The zero-order valence-electron chi connectivity index (χ0n) is 6.21. The SMILES string of the molecule is Cc1cccc(S(=O)CF)c1. The van der Waals surface area contributed by atoms with Crippen LogP contribution in [-0.4, -0.2) is 10.2 Å². The topological polar surface area (TPSA) is 17.1 Å². The van der Waals surface area contributed by atoms with Crippen molar-refractivity contribution in [3.8, 4) is 0 Å². The van der Waals surface area contributed by atoms with Gasteiger partial charge in [-0.15, -0.1) is 0 Å². The van der Waals surface area contributed by atoms with E-state index in [2.05, 4.69) is 0 Å². The summed E-state index contributed by atoms with van der Waals surface area (Å²) in [7, 11) is -1.47. The zero-order chi connectivity index (χ0) is 8.27. The lowest BCUT2D eigenvalue weighted by molar-refractivity contribution is 0.580. The van der Waals surface area contributed by atoms with Crippen molar-refractivity contribution >= 4 is 10.8 Å². The minimum absolute atomic E-state index is 0.563. The number of benzene rings is 1. The average molecular weight is 172 g/mol. The molecule has 1 atom stereocenters. The summed E-state index contributed by atoms with van der Waals surface area (Å²) in [4.78, 5) is 0.563. The predicted octanol–water partition coefficient (Wildman–Crippen LogP) is 2.03. The fourth-order valence-electron chi connectivity index (χ4n) is 0.820. The van der Waals surface area contributed by atoms with E-state index in [1.165, 1.54) is 0 Å². The maximum Gasteiger partial charge on any atom is 0.169 e. The van der Waals surface area contributed by atoms with Crippen LogP contribution >= 0.6 is 0 Å². The summed E-state index contributed by atoms with van der Waals surface area (Å²) >= 11 is 0. The Morgan fingerprint density at radius 3 is 2.82 bits per heavy atom. The van der Waals surface area contributed by atoms with Gasteiger partial charge in [-0.05, 0) is 24.6 Å². The molecule has 0 aliphatic rings. The summed E-state index contributed by atoms with van der Waals surface area (Å²) in [5.41, 5.74) is 1.00. The maximum absolute atomic E-state index is 11.9. The molecule has 1 aromatic rings. The van der Waals surface area contributed by atoms with Gasteiger partial charge in [0, 0.05) is 4.90 Å². The maximum atomic E-state index is 11.9. The van der Waals surface area contributed by atoms with E-state index in [4.69, 9.17) is 0 Å². The molecule has 0 aromatic heterocycles. The van der Waals surface area contributed by atoms with Gasteiger partial charge in [0.2, 0.25) is 0 Å². The average Bonchev–Trinajstić information content (AvgIpc) is 2.03. The first-order valence-corrected chi connectivity index (χ1v) is 4.57. The smallest absolute Gasteiger partial charge is 0.169 e. The Balaban J connectivity index is 2.96. The van der Waals surface area contributed by atoms with Crippen molar-refractivity contribution in [3.05, 3.63) is 29.8 Å². The van der Waals surface area contributed by atoms with E-state index in [0.29, 0.717) is 4.90 Å². The summed E-state index contributed by atoms with van der Waals surface area (Å²) in [5.74, 6) is 0. The Bertz CT molecular complexity index is 273. The fourth-order valence-corrected chi connectivity index (χ4v) is 1.49. The molecule has 0 saturated heterocycles. The van der Waals surface area contributed by atoms with E-state index in [0.717, 1.165) is 5.56 Å². The van der Waals surface area contributed by atoms with Gasteiger partial charge in [-0.2, -0.15) is 0 Å². The number of hydrogen-bond acceptors (Lipinski definition) is 1. The second kappa shape index (κ2) is 3.62. The number of aryl methyl sites for hydroxylation is 1. The molecule has 0 N–H and O–H groups in total. The normalized spacial score (nSPS) is 12.9. The lowest BCUT2D eigenvalue weighted by Gasteiger charge is -1.97. The highest BCUT2D eigenvalue weighted by Crippen LogP contribution is 2.08. The van der Waals surface area contributed by atoms with Crippen LogP contribution in [0.25, 0.3) is 0 Å². The van der Waals surface area contributed by atoms with Gasteiger partial charge >= 0.3 is 0 Å². The number of hydrogen-bond donors (Lipinski definition) is 0. The molecular formula is C8H9FOS. The first kappa shape index (κ1) is 8.40. The third kappa shape index (κ3) is 2.12. The highest BCUT2D eigenvalue weighted by molar-refractivity contribution is 7.84. The first-order valence-electron chi connectivity index (χ1n) is 3.25. The van der Waals surface area contributed by atoms with Gasteiger partial charge in [0.1, 0.15) is 0 Å². The third-order valence-corrected chi connectivity index (χ3v) is 2.33. The van der Waals surface area contributed by atoms with Crippen molar-refractivity contribution in [1.29, 1.82) is 0 Å². The largest absolute Gasteiger partial charge is 0.252 e. The monoisotopic (exact) mass is 172 g/mol. The molecule has 60 valence electrons. The molecule has 1 unspecified atom stereocenters.